The van der Waals surface area contributed by atoms with Crippen LogP contribution in [0.5, 0.6) is 11.5 Å². The van der Waals surface area contributed by atoms with Gasteiger partial charge in [-0.15, -0.1) is 0 Å². The first-order chi connectivity index (χ1) is 11.1. The highest BCUT2D eigenvalue weighted by Gasteiger charge is 2.46. The number of likely N-dealkylation sites (N-methyl/N-ethyl adjacent to an activating group) is 1. The normalized spacial score (nSPS) is 31.0. The molecule has 0 saturated carbocycles. The van der Waals surface area contributed by atoms with Crippen molar-refractivity contribution in [1.82, 2.24) is 5.32 Å². The summed E-state index contributed by atoms with van der Waals surface area (Å²) in [7, 11) is 1.77. The fourth-order valence-corrected chi connectivity index (χ4v) is 2.27. The Balaban J connectivity index is 2.10. The Kier molecular flexibility index (Phi) is 6.58. The number of rotatable bonds is 7. The van der Waals surface area contributed by atoms with Gasteiger partial charge in [-0.05, 0) is 31.3 Å². The molecule has 0 aromatic heterocycles. The van der Waals surface area contributed by atoms with E-state index in [1.165, 1.54) is 24.3 Å². The van der Waals surface area contributed by atoms with Crippen LogP contribution in [0.15, 0.2) is 24.3 Å². The molecule has 8 heteroatoms. The van der Waals surface area contributed by atoms with Crippen LogP contribution in [0.1, 0.15) is 0 Å². The summed E-state index contributed by atoms with van der Waals surface area (Å²) in [4.78, 5) is 0. The second-order valence-electron chi connectivity index (χ2n) is 5.26. The molecule has 0 aliphatic carbocycles. The second kappa shape index (κ2) is 8.44. The molecule has 1 aliphatic rings. The average molecular weight is 329 g/mol. The highest BCUT2D eigenvalue weighted by Crippen LogP contribution is 2.27. The summed E-state index contributed by atoms with van der Waals surface area (Å²) < 4.78 is 16.7. The quantitative estimate of drug-likeness (QED) is 0.396. The van der Waals surface area contributed by atoms with Crippen molar-refractivity contribution in [3.8, 4) is 11.5 Å². The zero-order chi connectivity index (χ0) is 16.8. The monoisotopic (exact) mass is 329 g/mol. The molecule has 1 aromatic rings. The van der Waals surface area contributed by atoms with Crippen LogP contribution in [-0.2, 0) is 9.47 Å². The molecule has 1 fully saturated rings. The summed E-state index contributed by atoms with van der Waals surface area (Å²) in [6.45, 7) is 0.418. The lowest BCUT2D eigenvalue weighted by molar-refractivity contribution is -0.294. The van der Waals surface area contributed by atoms with Crippen LogP contribution in [0.2, 0.25) is 0 Å². The number of nitrogens with one attached hydrogen (secondary N) is 1. The molecule has 5 N–H and O–H groups in total. The minimum atomic E-state index is -1.30. The van der Waals surface area contributed by atoms with Crippen molar-refractivity contribution in [2.45, 2.75) is 30.7 Å². The predicted molar refractivity (Wildman–Crippen MR) is 80.2 cm³/mol. The van der Waals surface area contributed by atoms with E-state index in [1.54, 1.807) is 7.05 Å². The lowest BCUT2D eigenvalue weighted by Gasteiger charge is -2.41. The number of aliphatic hydroxyl groups excluding tert-OH is 3. The van der Waals surface area contributed by atoms with E-state index >= 15 is 0 Å². The maximum atomic E-state index is 10.3. The smallest absolute Gasteiger partial charge is 0.197 e. The van der Waals surface area contributed by atoms with Gasteiger partial charge in [-0.2, -0.15) is 0 Å². The van der Waals surface area contributed by atoms with Gasteiger partial charge in [-0.25, -0.2) is 0 Å². The fourth-order valence-electron chi connectivity index (χ4n) is 2.27. The summed E-state index contributed by atoms with van der Waals surface area (Å²) >= 11 is 0. The zero-order valence-corrected chi connectivity index (χ0v) is 12.8. The first-order valence-electron chi connectivity index (χ1n) is 7.41. The summed E-state index contributed by atoms with van der Waals surface area (Å²) in [6.07, 6.45) is -5.48. The summed E-state index contributed by atoms with van der Waals surface area (Å²) in [5.41, 5.74) is 0. The Morgan fingerprint density at radius 2 is 1.87 bits per heavy atom. The van der Waals surface area contributed by atoms with Gasteiger partial charge in [0.25, 0.3) is 0 Å². The van der Waals surface area contributed by atoms with Crippen LogP contribution in [0.3, 0.4) is 0 Å². The van der Waals surface area contributed by atoms with Gasteiger partial charge in [-0.1, -0.05) is 0 Å². The topological polar surface area (TPSA) is 121 Å². The molecule has 1 saturated heterocycles. The summed E-state index contributed by atoms with van der Waals surface area (Å²) in [5.74, 6) is 0.465. The number of hydrogen-bond donors (Lipinski definition) is 5. The van der Waals surface area contributed by atoms with Crippen LogP contribution in [-0.4, -0.2) is 77.9 Å². The third kappa shape index (κ3) is 4.54. The Hall–Kier alpha value is -1.42. The minimum Gasteiger partial charge on any atom is -0.508 e. The molecule has 0 amide bonds. The third-order valence-corrected chi connectivity index (χ3v) is 3.57. The van der Waals surface area contributed by atoms with Gasteiger partial charge in [0, 0.05) is 6.54 Å². The Bertz CT molecular complexity index is 469. The van der Waals surface area contributed by atoms with E-state index in [9.17, 15) is 20.4 Å². The molecule has 5 atom stereocenters. The molecule has 130 valence electrons. The van der Waals surface area contributed by atoms with E-state index in [1.807, 2.05) is 0 Å². The molecule has 1 heterocycles. The zero-order valence-electron chi connectivity index (χ0n) is 12.8. The number of aromatic hydroxyl groups is 1. The van der Waals surface area contributed by atoms with E-state index in [2.05, 4.69) is 5.32 Å². The molecule has 1 aliphatic heterocycles. The highest BCUT2D eigenvalue weighted by molar-refractivity contribution is 5.30. The number of aliphatic hydroxyl groups is 3. The van der Waals surface area contributed by atoms with Crippen LogP contribution >= 0.6 is 0 Å². The van der Waals surface area contributed by atoms with Crippen molar-refractivity contribution in [1.29, 1.82) is 0 Å². The molecule has 1 aromatic carbocycles. The Morgan fingerprint density at radius 3 is 2.48 bits per heavy atom. The SMILES string of the molecule is CNCCOC1OC(CO)C(O)C(O)C1Oc1ccc(O)cc1. The number of hydrogen-bond acceptors (Lipinski definition) is 8. The van der Waals surface area contributed by atoms with Gasteiger partial charge >= 0.3 is 0 Å². The molecule has 2 rings (SSSR count). The van der Waals surface area contributed by atoms with E-state index in [0.29, 0.717) is 18.9 Å². The van der Waals surface area contributed by atoms with Crippen molar-refractivity contribution < 1.29 is 34.6 Å². The molecule has 0 radical (unpaired) electrons. The second-order valence-corrected chi connectivity index (χ2v) is 5.26. The van der Waals surface area contributed by atoms with Crippen molar-refractivity contribution in [3.63, 3.8) is 0 Å². The fraction of sp³-hybridized carbons (Fsp3) is 0.600. The number of ether oxygens (including phenoxy) is 3. The first kappa shape index (κ1) is 17.9. The van der Waals surface area contributed by atoms with Gasteiger partial charge < -0.3 is 40.0 Å². The number of phenolic OH excluding ortho intramolecular Hbond substituents is 1. The highest BCUT2D eigenvalue weighted by atomic mass is 16.7. The molecule has 0 bridgehead atoms. The first-order valence-corrected chi connectivity index (χ1v) is 7.41. The van der Waals surface area contributed by atoms with Gasteiger partial charge in [0.1, 0.15) is 29.8 Å². The van der Waals surface area contributed by atoms with Gasteiger partial charge in [0.05, 0.1) is 13.2 Å². The number of phenols is 1. The van der Waals surface area contributed by atoms with Crippen LogP contribution < -0.4 is 10.1 Å². The molecule has 23 heavy (non-hydrogen) atoms. The molecular weight excluding hydrogens is 306 g/mol. The number of benzene rings is 1. The largest absolute Gasteiger partial charge is 0.508 e. The predicted octanol–water partition coefficient (Wildman–Crippen LogP) is -1.19. The van der Waals surface area contributed by atoms with Gasteiger partial charge in [0.2, 0.25) is 0 Å². The van der Waals surface area contributed by atoms with E-state index in [0.717, 1.165) is 0 Å². The minimum absolute atomic E-state index is 0.0833. The van der Waals surface area contributed by atoms with Gasteiger partial charge in [0.15, 0.2) is 12.4 Å². The van der Waals surface area contributed by atoms with Crippen molar-refractivity contribution in [3.05, 3.63) is 24.3 Å². The van der Waals surface area contributed by atoms with Crippen LogP contribution in [0.4, 0.5) is 0 Å². The lowest BCUT2D eigenvalue weighted by atomic mass is 9.99. The van der Waals surface area contributed by atoms with Crippen LogP contribution in [0.25, 0.3) is 0 Å². The maximum absolute atomic E-state index is 10.3. The van der Waals surface area contributed by atoms with Crippen molar-refractivity contribution in [2.24, 2.45) is 0 Å². The summed E-state index contributed by atoms with van der Waals surface area (Å²) in [6, 6.07) is 5.93. The Labute approximate surface area is 134 Å². The maximum Gasteiger partial charge on any atom is 0.197 e. The van der Waals surface area contributed by atoms with Gasteiger partial charge in [-0.3, -0.25) is 0 Å². The van der Waals surface area contributed by atoms with Crippen LogP contribution in [0, 0.1) is 0 Å². The molecular formula is C15H23NO7. The Morgan fingerprint density at radius 1 is 1.17 bits per heavy atom. The molecule has 5 unspecified atom stereocenters. The van der Waals surface area contributed by atoms with E-state index in [-0.39, 0.29) is 5.75 Å². The standard InChI is InChI=1S/C15H23NO7/c1-16-6-7-21-15-14(13(20)12(19)11(8-17)23-15)22-10-4-2-9(18)3-5-10/h2-5,11-20H,6-8H2,1H3. The molecule has 8 nitrogen and oxygen atoms in total. The van der Waals surface area contributed by atoms with Crippen molar-refractivity contribution >= 4 is 0 Å². The third-order valence-electron chi connectivity index (χ3n) is 3.57. The molecule has 0 spiro atoms. The average Bonchev–Trinajstić information content (AvgIpc) is 2.56. The summed E-state index contributed by atoms with van der Waals surface area (Å²) in [5, 5.41) is 41.7. The lowest BCUT2D eigenvalue weighted by Crippen LogP contribution is -2.61. The van der Waals surface area contributed by atoms with E-state index < -0.39 is 37.3 Å². The van der Waals surface area contributed by atoms with E-state index in [4.69, 9.17) is 14.2 Å². The van der Waals surface area contributed by atoms with Crippen molar-refractivity contribution in [2.75, 3.05) is 26.8 Å².